The first-order chi connectivity index (χ1) is 6.97. The van der Waals surface area contributed by atoms with Crippen molar-refractivity contribution in [3.8, 4) is 0 Å². The highest BCUT2D eigenvalue weighted by molar-refractivity contribution is 7.84. The second-order valence-electron chi connectivity index (χ2n) is 3.92. The van der Waals surface area contributed by atoms with Gasteiger partial charge < -0.3 is 5.32 Å². The van der Waals surface area contributed by atoms with Crippen molar-refractivity contribution in [2.75, 3.05) is 19.3 Å². The van der Waals surface area contributed by atoms with E-state index >= 15 is 0 Å². The van der Waals surface area contributed by atoms with Crippen LogP contribution in [-0.4, -0.2) is 34.8 Å². The van der Waals surface area contributed by atoms with Crippen LogP contribution in [0.15, 0.2) is 4.99 Å². The zero-order valence-electron chi connectivity index (χ0n) is 9.91. The highest BCUT2D eigenvalue weighted by atomic mass is 32.2. The predicted octanol–water partition coefficient (Wildman–Crippen LogP) is -0.182. The van der Waals surface area contributed by atoms with Gasteiger partial charge in [-0.2, -0.15) is 0 Å². The lowest BCUT2D eigenvalue weighted by molar-refractivity contribution is 0.653. The average molecular weight is 234 g/mol. The number of hydrazine groups is 1. The molecule has 4 N–H and O–H groups in total. The standard InChI is InChI=1S/C9H22N4OS/c1-7(2)5-11-9(13-10)12-6-8(3)15(4)14/h7-8H,5-6,10H2,1-4H3,(H2,11,12,13). The van der Waals surface area contributed by atoms with E-state index in [9.17, 15) is 4.21 Å². The molecule has 0 aliphatic heterocycles. The lowest BCUT2D eigenvalue weighted by Gasteiger charge is -2.13. The van der Waals surface area contributed by atoms with E-state index < -0.39 is 10.8 Å². The highest BCUT2D eigenvalue weighted by Gasteiger charge is 2.06. The SMILES string of the molecule is CC(C)CN=C(NN)NCC(C)S(C)=O. The molecule has 0 rings (SSSR count). The minimum atomic E-state index is -0.828. The van der Waals surface area contributed by atoms with Crippen LogP contribution in [-0.2, 0) is 10.8 Å². The maximum Gasteiger partial charge on any atom is 0.205 e. The summed E-state index contributed by atoms with van der Waals surface area (Å²) < 4.78 is 11.1. The minimum absolute atomic E-state index is 0.0857. The van der Waals surface area contributed by atoms with Crippen molar-refractivity contribution in [1.29, 1.82) is 0 Å². The number of hydrogen-bond donors (Lipinski definition) is 3. The van der Waals surface area contributed by atoms with Crippen LogP contribution in [0, 0.1) is 5.92 Å². The Kier molecular flexibility index (Phi) is 7.33. The molecule has 2 atom stereocenters. The molecule has 0 radical (unpaired) electrons. The molecule has 6 heteroatoms. The zero-order chi connectivity index (χ0) is 11.8. The summed E-state index contributed by atoms with van der Waals surface area (Å²) >= 11 is 0. The Morgan fingerprint density at radius 2 is 2.07 bits per heavy atom. The summed E-state index contributed by atoms with van der Waals surface area (Å²) in [5, 5.41) is 3.11. The summed E-state index contributed by atoms with van der Waals surface area (Å²) in [4.78, 5) is 4.24. The smallest absolute Gasteiger partial charge is 0.205 e. The molecule has 15 heavy (non-hydrogen) atoms. The van der Waals surface area contributed by atoms with E-state index in [1.807, 2.05) is 6.92 Å². The van der Waals surface area contributed by atoms with Crippen LogP contribution in [0.3, 0.4) is 0 Å². The van der Waals surface area contributed by atoms with Crippen molar-refractivity contribution in [2.24, 2.45) is 16.8 Å². The quantitative estimate of drug-likeness (QED) is 0.267. The van der Waals surface area contributed by atoms with E-state index in [1.165, 1.54) is 0 Å². The third-order valence-electron chi connectivity index (χ3n) is 1.87. The topological polar surface area (TPSA) is 79.5 Å². The molecule has 0 heterocycles. The molecule has 0 saturated carbocycles. The fourth-order valence-corrected chi connectivity index (χ4v) is 1.10. The summed E-state index contributed by atoms with van der Waals surface area (Å²) in [7, 11) is -0.828. The first kappa shape index (κ1) is 14.4. The van der Waals surface area contributed by atoms with E-state index in [2.05, 4.69) is 29.6 Å². The molecule has 0 aliphatic carbocycles. The van der Waals surface area contributed by atoms with Crippen LogP contribution >= 0.6 is 0 Å². The summed E-state index contributed by atoms with van der Waals surface area (Å²) in [5.41, 5.74) is 2.49. The molecule has 90 valence electrons. The number of nitrogens with zero attached hydrogens (tertiary/aromatic N) is 1. The Hall–Kier alpha value is -0.620. The van der Waals surface area contributed by atoms with Crippen molar-refractivity contribution in [2.45, 2.75) is 26.0 Å². The lowest BCUT2D eigenvalue weighted by Crippen LogP contribution is -2.44. The number of rotatable bonds is 5. The largest absolute Gasteiger partial charge is 0.354 e. The van der Waals surface area contributed by atoms with E-state index in [0.29, 0.717) is 18.4 Å². The van der Waals surface area contributed by atoms with E-state index in [-0.39, 0.29) is 5.25 Å². The van der Waals surface area contributed by atoms with Gasteiger partial charge in [-0.05, 0) is 12.8 Å². The van der Waals surface area contributed by atoms with Crippen LogP contribution in [0.4, 0.5) is 0 Å². The predicted molar refractivity (Wildman–Crippen MR) is 66.0 cm³/mol. The molecule has 0 fully saturated rings. The zero-order valence-corrected chi connectivity index (χ0v) is 10.7. The van der Waals surface area contributed by atoms with E-state index in [4.69, 9.17) is 5.84 Å². The first-order valence-corrected chi connectivity index (χ1v) is 6.66. The second-order valence-corrected chi connectivity index (χ2v) is 5.72. The number of nitrogens with one attached hydrogen (secondary N) is 2. The number of nitrogens with two attached hydrogens (primary N) is 1. The van der Waals surface area contributed by atoms with Gasteiger partial charge in [0.1, 0.15) is 0 Å². The van der Waals surface area contributed by atoms with Gasteiger partial charge >= 0.3 is 0 Å². The molecule has 0 aromatic heterocycles. The van der Waals surface area contributed by atoms with Crippen LogP contribution in [0.2, 0.25) is 0 Å². The Balaban J connectivity index is 3.99. The van der Waals surface area contributed by atoms with E-state index in [1.54, 1.807) is 6.26 Å². The first-order valence-electron chi connectivity index (χ1n) is 5.04. The molecule has 0 aromatic rings. The molecule has 0 spiro atoms. The molecule has 0 aliphatic rings. The van der Waals surface area contributed by atoms with Crippen LogP contribution in [0.25, 0.3) is 0 Å². The molecular formula is C9H22N4OS. The van der Waals surface area contributed by atoms with Crippen LogP contribution in [0.5, 0.6) is 0 Å². The Bertz CT molecular complexity index is 230. The van der Waals surface area contributed by atoms with Crippen molar-refractivity contribution in [3.05, 3.63) is 0 Å². The van der Waals surface area contributed by atoms with Gasteiger partial charge in [0.15, 0.2) is 0 Å². The van der Waals surface area contributed by atoms with Crippen molar-refractivity contribution >= 4 is 16.8 Å². The molecule has 0 saturated heterocycles. The Morgan fingerprint density at radius 3 is 2.47 bits per heavy atom. The van der Waals surface area contributed by atoms with Gasteiger partial charge in [-0.1, -0.05) is 13.8 Å². The van der Waals surface area contributed by atoms with Crippen molar-refractivity contribution in [1.82, 2.24) is 10.7 Å². The summed E-state index contributed by atoms with van der Waals surface area (Å²) in [6.45, 7) is 7.41. The maximum absolute atomic E-state index is 11.1. The van der Waals surface area contributed by atoms with Gasteiger partial charge in [-0.15, -0.1) is 0 Å². The molecule has 2 unspecified atom stereocenters. The van der Waals surface area contributed by atoms with Gasteiger partial charge in [0, 0.05) is 35.4 Å². The summed E-state index contributed by atoms with van der Waals surface area (Å²) in [6.07, 6.45) is 1.69. The van der Waals surface area contributed by atoms with Gasteiger partial charge in [0.25, 0.3) is 0 Å². The number of guanidine groups is 1. The van der Waals surface area contributed by atoms with Crippen molar-refractivity contribution < 1.29 is 4.21 Å². The fourth-order valence-electron chi connectivity index (χ4n) is 0.784. The molecule has 0 bridgehead atoms. The van der Waals surface area contributed by atoms with Crippen LogP contribution in [0.1, 0.15) is 20.8 Å². The molecule has 0 aromatic carbocycles. The van der Waals surface area contributed by atoms with Crippen LogP contribution < -0.4 is 16.6 Å². The lowest BCUT2D eigenvalue weighted by atomic mass is 10.2. The van der Waals surface area contributed by atoms with Gasteiger partial charge in [0.05, 0.1) is 0 Å². The van der Waals surface area contributed by atoms with Gasteiger partial charge in [-0.25, -0.2) is 5.84 Å². The maximum atomic E-state index is 11.1. The minimum Gasteiger partial charge on any atom is -0.354 e. The molecule has 5 nitrogen and oxygen atoms in total. The highest BCUT2D eigenvalue weighted by Crippen LogP contribution is 1.92. The monoisotopic (exact) mass is 234 g/mol. The molecular weight excluding hydrogens is 212 g/mol. The third kappa shape index (κ3) is 7.33. The summed E-state index contributed by atoms with van der Waals surface area (Å²) in [5.74, 6) is 6.35. The third-order valence-corrected chi connectivity index (χ3v) is 3.17. The number of hydrogen-bond acceptors (Lipinski definition) is 3. The fraction of sp³-hybridized carbons (Fsp3) is 0.889. The van der Waals surface area contributed by atoms with Crippen molar-refractivity contribution in [3.63, 3.8) is 0 Å². The Labute approximate surface area is 94.3 Å². The molecule has 0 amide bonds. The van der Waals surface area contributed by atoms with E-state index in [0.717, 1.165) is 6.54 Å². The second kappa shape index (κ2) is 7.64. The summed E-state index contributed by atoms with van der Waals surface area (Å²) in [6, 6.07) is 0. The number of aliphatic imine (C=N–C) groups is 1. The normalized spacial score (nSPS) is 16.3. The Morgan fingerprint density at radius 1 is 1.47 bits per heavy atom. The van der Waals surface area contributed by atoms with Gasteiger partial charge in [0.2, 0.25) is 5.96 Å². The average Bonchev–Trinajstić information content (AvgIpc) is 2.17. The van der Waals surface area contributed by atoms with Gasteiger partial charge in [-0.3, -0.25) is 14.6 Å².